The predicted molar refractivity (Wildman–Crippen MR) is 94.6 cm³/mol. The van der Waals surface area contributed by atoms with Crippen molar-refractivity contribution in [2.24, 2.45) is 5.92 Å². The highest BCUT2D eigenvalue weighted by molar-refractivity contribution is 5.69. The first kappa shape index (κ1) is 22.4. The molecule has 0 spiro atoms. The fourth-order valence-electron chi connectivity index (χ4n) is 2.16. The molecule has 0 aromatic rings. The maximum atomic E-state index is 11.7. The molecule has 0 aliphatic heterocycles. The van der Waals surface area contributed by atoms with Crippen molar-refractivity contribution in [3.63, 3.8) is 0 Å². The van der Waals surface area contributed by atoms with Gasteiger partial charge in [0.2, 0.25) is 0 Å². The standard InChI is InChI=1S/C19H38O4/c1-5-6-7-8-10-18(4)23-19(20)11-9-13-21-15-16-22-14-12-17(2)3/h17-18H,5-16H2,1-4H3. The summed E-state index contributed by atoms with van der Waals surface area (Å²) in [4.78, 5) is 11.7. The van der Waals surface area contributed by atoms with Gasteiger partial charge in [-0.25, -0.2) is 0 Å². The minimum atomic E-state index is -0.107. The summed E-state index contributed by atoms with van der Waals surface area (Å²) >= 11 is 0. The predicted octanol–water partition coefficient (Wildman–Crippen LogP) is 4.75. The fourth-order valence-corrected chi connectivity index (χ4v) is 2.16. The molecular formula is C19H38O4. The van der Waals surface area contributed by atoms with Gasteiger partial charge in [0.05, 0.1) is 19.3 Å². The van der Waals surface area contributed by atoms with Crippen LogP contribution >= 0.6 is 0 Å². The van der Waals surface area contributed by atoms with Crippen LogP contribution in [0.2, 0.25) is 0 Å². The van der Waals surface area contributed by atoms with Crippen molar-refractivity contribution < 1.29 is 19.0 Å². The van der Waals surface area contributed by atoms with Gasteiger partial charge in [-0.05, 0) is 38.5 Å². The first-order valence-corrected chi connectivity index (χ1v) is 9.41. The second-order valence-electron chi connectivity index (χ2n) is 6.66. The number of carbonyl (C=O) groups excluding carboxylic acids is 1. The van der Waals surface area contributed by atoms with Crippen molar-refractivity contribution in [1.29, 1.82) is 0 Å². The van der Waals surface area contributed by atoms with Crippen LogP contribution in [0.1, 0.15) is 79.1 Å². The van der Waals surface area contributed by atoms with E-state index in [0.29, 0.717) is 38.6 Å². The van der Waals surface area contributed by atoms with Crippen molar-refractivity contribution in [2.75, 3.05) is 26.4 Å². The number of ether oxygens (including phenoxy) is 3. The average Bonchev–Trinajstić information content (AvgIpc) is 2.49. The Morgan fingerprint density at radius 3 is 2.17 bits per heavy atom. The zero-order chi connectivity index (χ0) is 17.3. The van der Waals surface area contributed by atoms with E-state index in [1.807, 2.05) is 6.92 Å². The summed E-state index contributed by atoms with van der Waals surface area (Å²) in [6, 6.07) is 0. The summed E-state index contributed by atoms with van der Waals surface area (Å²) in [5.41, 5.74) is 0. The monoisotopic (exact) mass is 330 g/mol. The molecule has 0 aromatic carbocycles. The van der Waals surface area contributed by atoms with E-state index in [1.54, 1.807) is 0 Å². The van der Waals surface area contributed by atoms with Crippen LogP contribution in [0.5, 0.6) is 0 Å². The molecule has 0 aliphatic carbocycles. The third-order valence-corrected chi connectivity index (χ3v) is 3.68. The molecule has 0 saturated carbocycles. The Morgan fingerprint density at radius 2 is 1.52 bits per heavy atom. The van der Waals surface area contributed by atoms with E-state index in [2.05, 4.69) is 20.8 Å². The van der Waals surface area contributed by atoms with Crippen LogP contribution < -0.4 is 0 Å². The fraction of sp³-hybridized carbons (Fsp3) is 0.947. The molecule has 23 heavy (non-hydrogen) atoms. The molecule has 0 N–H and O–H groups in total. The quantitative estimate of drug-likeness (QED) is 0.303. The van der Waals surface area contributed by atoms with Gasteiger partial charge in [0.25, 0.3) is 0 Å². The zero-order valence-corrected chi connectivity index (χ0v) is 15.8. The normalized spacial score (nSPS) is 12.6. The van der Waals surface area contributed by atoms with Crippen LogP contribution in [0.15, 0.2) is 0 Å². The van der Waals surface area contributed by atoms with Crippen molar-refractivity contribution >= 4 is 5.97 Å². The number of rotatable bonds is 16. The van der Waals surface area contributed by atoms with E-state index in [0.717, 1.165) is 25.9 Å². The first-order chi connectivity index (χ1) is 11.1. The number of hydrogen-bond acceptors (Lipinski definition) is 4. The zero-order valence-electron chi connectivity index (χ0n) is 15.8. The molecule has 0 saturated heterocycles. The molecule has 0 fully saturated rings. The van der Waals surface area contributed by atoms with Gasteiger partial charge in [0.1, 0.15) is 0 Å². The molecule has 4 nitrogen and oxygen atoms in total. The topological polar surface area (TPSA) is 44.8 Å². The second kappa shape index (κ2) is 16.3. The lowest BCUT2D eigenvalue weighted by Crippen LogP contribution is -2.15. The Morgan fingerprint density at radius 1 is 0.826 bits per heavy atom. The van der Waals surface area contributed by atoms with E-state index >= 15 is 0 Å². The molecule has 0 bridgehead atoms. The van der Waals surface area contributed by atoms with Crippen molar-refractivity contribution in [2.45, 2.75) is 85.2 Å². The van der Waals surface area contributed by atoms with E-state index in [-0.39, 0.29) is 12.1 Å². The maximum absolute atomic E-state index is 11.7. The van der Waals surface area contributed by atoms with E-state index in [1.165, 1.54) is 19.3 Å². The van der Waals surface area contributed by atoms with Gasteiger partial charge in [-0.3, -0.25) is 4.79 Å². The van der Waals surface area contributed by atoms with E-state index < -0.39 is 0 Å². The van der Waals surface area contributed by atoms with Crippen LogP contribution in [-0.4, -0.2) is 38.5 Å². The van der Waals surface area contributed by atoms with Gasteiger partial charge in [0.15, 0.2) is 0 Å². The molecule has 4 heteroatoms. The summed E-state index contributed by atoms with van der Waals surface area (Å²) in [7, 11) is 0. The molecule has 0 aromatic heterocycles. The molecule has 0 radical (unpaired) electrons. The lowest BCUT2D eigenvalue weighted by molar-refractivity contribution is -0.148. The third-order valence-electron chi connectivity index (χ3n) is 3.68. The van der Waals surface area contributed by atoms with Crippen LogP contribution in [0, 0.1) is 5.92 Å². The summed E-state index contributed by atoms with van der Waals surface area (Å²) in [5, 5.41) is 0. The van der Waals surface area contributed by atoms with Gasteiger partial charge < -0.3 is 14.2 Å². The Bertz CT molecular complexity index is 266. The van der Waals surface area contributed by atoms with Gasteiger partial charge in [-0.15, -0.1) is 0 Å². The van der Waals surface area contributed by atoms with E-state index in [4.69, 9.17) is 14.2 Å². The summed E-state index contributed by atoms with van der Waals surface area (Å²) < 4.78 is 16.3. The van der Waals surface area contributed by atoms with Crippen LogP contribution in [0.4, 0.5) is 0 Å². The van der Waals surface area contributed by atoms with Crippen molar-refractivity contribution in [1.82, 2.24) is 0 Å². The number of esters is 1. The molecule has 0 amide bonds. The molecule has 138 valence electrons. The minimum Gasteiger partial charge on any atom is -0.463 e. The Hall–Kier alpha value is -0.610. The number of carbonyl (C=O) groups is 1. The largest absolute Gasteiger partial charge is 0.463 e. The molecular weight excluding hydrogens is 292 g/mol. The van der Waals surface area contributed by atoms with Gasteiger partial charge in [-0.1, -0.05) is 40.0 Å². The highest BCUT2D eigenvalue weighted by Crippen LogP contribution is 2.09. The van der Waals surface area contributed by atoms with Gasteiger partial charge in [0, 0.05) is 19.6 Å². The Kier molecular flexibility index (Phi) is 15.8. The number of hydrogen-bond donors (Lipinski definition) is 0. The van der Waals surface area contributed by atoms with Crippen molar-refractivity contribution in [3.05, 3.63) is 0 Å². The van der Waals surface area contributed by atoms with Gasteiger partial charge in [-0.2, -0.15) is 0 Å². The summed E-state index contributed by atoms with van der Waals surface area (Å²) in [5.74, 6) is 0.570. The lowest BCUT2D eigenvalue weighted by atomic mass is 10.1. The average molecular weight is 331 g/mol. The highest BCUT2D eigenvalue weighted by atomic mass is 16.5. The SMILES string of the molecule is CCCCCCC(C)OC(=O)CCCOCCOCCC(C)C. The van der Waals surface area contributed by atoms with E-state index in [9.17, 15) is 4.79 Å². The molecule has 1 atom stereocenters. The lowest BCUT2D eigenvalue weighted by Gasteiger charge is -2.13. The first-order valence-electron chi connectivity index (χ1n) is 9.41. The highest BCUT2D eigenvalue weighted by Gasteiger charge is 2.09. The van der Waals surface area contributed by atoms with Gasteiger partial charge >= 0.3 is 5.97 Å². The minimum absolute atomic E-state index is 0.0367. The maximum Gasteiger partial charge on any atom is 0.306 e. The van der Waals surface area contributed by atoms with Crippen molar-refractivity contribution in [3.8, 4) is 0 Å². The molecule has 0 rings (SSSR count). The summed E-state index contributed by atoms with van der Waals surface area (Å²) in [6.45, 7) is 11.2. The van der Waals surface area contributed by atoms with Crippen LogP contribution in [0.25, 0.3) is 0 Å². The molecule has 0 aliphatic rings. The van der Waals surface area contributed by atoms with Crippen LogP contribution in [0.3, 0.4) is 0 Å². The smallest absolute Gasteiger partial charge is 0.306 e. The Labute approximate surface area is 143 Å². The number of unbranched alkanes of at least 4 members (excludes halogenated alkanes) is 3. The summed E-state index contributed by atoms with van der Waals surface area (Å²) in [6.07, 6.45) is 8.11. The third kappa shape index (κ3) is 17.6. The van der Waals surface area contributed by atoms with Crippen LogP contribution in [-0.2, 0) is 19.0 Å². The Balaban J connectivity index is 3.32. The molecule has 0 heterocycles. The second-order valence-corrected chi connectivity index (χ2v) is 6.66. The molecule has 1 unspecified atom stereocenters.